The molecule has 0 bridgehead atoms. The van der Waals surface area contributed by atoms with Crippen molar-refractivity contribution < 1.29 is 0 Å². The molecular formula is C12H21N3O. The molecule has 0 N–H and O–H groups in total. The van der Waals surface area contributed by atoms with Gasteiger partial charge in [0.15, 0.2) is 0 Å². The van der Waals surface area contributed by atoms with E-state index in [1.165, 1.54) is 30.4 Å². The molecule has 0 aliphatic heterocycles. The second-order valence-corrected chi connectivity index (χ2v) is 5.25. The van der Waals surface area contributed by atoms with Crippen LogP contribution in [0, 0.1) is 5.92 Å². The highest BCUT2D eigenvalue weighted by molar-refractivity contribution is 5.00. The Morgan fingerprint density at radius 2 is 2.00 bits per heavy atom. The summed E-state index contributed by atoms with van der Waals surface area (Å²) in [7, 11) is 1.75. The van der Waals surface area contributed by atoms with Crippen molar-refractivity contribution in [2.75, 3.05) is 0 Å². The first-order chi connectivity index (χ1) is 7.59. The van der Waals surface area contributed by atoms with Crippen LogP contribution in [0.3, 0.4) is 0 Å². The quantitative estimate of drug-likeness (QED) is 0.785. The third kappa shape index (κ3) is 2.06. The van der Waals surface area contributed by atoms with Gasteiger partial charge in [-0.1, -0.05) is 26.7 Å². The Kier molecular flexibility index (Phi) is 3.17. The van der Waals surface area contributed by atoms with Crippen molar-refractivity contribution in [3.8, 4) is 0 Å². The van der Waals surface area contributed by atoms with Crippen molar-refractivity contribution in [2.24, 2.45) is 13.0 Å². The average molecular weight is 223 g/mol. The monoisotopic (exact) mass is 223 g/mol. The fourth-order valence-electron chi connectivity index (χ4n) is 2.55. The van der Waals surface area contributed by atoms with Gasteiger partial charge in [0.05, 0.1) is 0 Å². The summed E-state index contributed by atoms with van der Waals surface area (Å²) in [5.74, 6) is 2.01. The molecule has 1 aliphatic rings. The van der Waals surface area contributed by atoms with Crippen LogP contribution in [-0.4, -0.2) is 14.3 Å². The molecule has 0 amide bonds. The predicted octanol–water partition coefficient (Wildman–Crippen LogP) is 1.90. The third-order valence-electron chi connectivity index (χ3n) is 3.30. The molecule has 16 heavy (non-hydrogen) atoms. The second kappa shape index (κ2) is 4.44. The fourth-order valence-corrected chi connectivity index (χ4v) is 2.55. The normalized spacial score (nSPS) is 17.5. The van der Waals surface area contributed by atoms with Gasteiger partial charge in [0.2, 0.25) is 0 Å². The van der Waals surface area contributed by atoms with Crippen molar-refractivity contribution in [1.29, 1.82) is 0 Å². The Morgan fingerprint density at radius 1 is 1.38 bits per heavy atom. The SMILES string of the molecule is CC(C)Cn1c(C2CCCC2)nn(C)c1=O. The minimum atomic E-state index is 0.0376. The van der Waals surface area contributed by atoms with Crippen molar-refractivity contribution >= 4 is 0 Å². The summed E-state index contributed by atoms with van der Waals surface area (Å²) in [6, 6.07) is 0. The lowest BCUT2D eigenvalue weighted by molar-refractivity contribution is 0.478. The second-order valence-electron chi connectivity index (χ2n) is 5.25. The molecule has 1 aromatic rings. The van der Waals surface area contributed by atoms with E-state index in [1.54, 1.807) is 7.05 Å². The number of aryl methyl sites for hydroxylation is 1. The largest absolute Gasteiger partial charge is 0.345 e. The van der Waals surface area contributed by atoms with Gasteiger partial charge in [-0.05, 0) is 18.8 Å². The van der Waals surface area contributed by atoms with Gasteiger partial charge >= 0.3 is 5.69 Å². The summed E-state index contributed by atoms with van der Waals surface area (Å²) < 4.78 is 3.36. The molecule has 0 radical (unpaired) electrons. The molecule has 4 nitrogen and oxygen atoms in total. The van der Waals surface area contributed by atoms with Crippen molar-refractivity contribution in [3.05, 3.63) is 16.3 Å². The van der Waals surface area contributed by atoms with Gasteiger partial charge in [0.1, 0.15) is 5.82 Å². The van der Waals surface area contributed by atoms with Gasteiger partial charge in [0.25, 0.3) is 0 Å². The smallest absolute Gasteiger partial charge is 0.278 e. The van der Waals surface area contributed by atoms with Crippen LogP contribution in [0.15, 0.2) is 4.79 Å². The topological polar surface area (TPSA) is 39.8 Å². The first kappa shape index (κ1) is 11.4. The number of hydrogen-bond donors (Lipinski definition) is 0. The lowest BCUT2D eigenvalue weighted by Gasteiger charge is -2.12. The number of aromatic nitrogens is 3. The van der Waals surface area contributed by atoms with Gasteiger partial charge in [-0.2, -0.15) is 5.10 Å². The predicted molar refractivity (Wildman–Crippen MR) is 63.5 cm³/mol. The summed E-state index contributed by atoms with van der Waals surface area (Å²) in [5.41, 5.74) is 0.0376. The average Bonchev–Trinajstić information content (AvgIpc) is 2.81. The summed E-state index contributed by atoms with van der Waals surface area (Å²) in [4.78, 5) is 11.9. The van der Waals surface area contributed by atoms with Crippen LogP contribution in [0.2, 0.25) is 0 Å². The first-order valence-corrected chi connectivity index (χ1v) is 6.23. The molecule has 90 valence electrons. The van der Waals surface area contributed by atoms with Crippen LogP contribution in [0.25, 0.3) is 0 Å². The number of rotatable bonds is 3. The maximum absolute atomic E-state index is 11.9. The van der Waals surface area contributed by atoms with Crippen LogP contribution >= 0.6 is 0 Å². The molecule has 0 aromatic carbocycles. The minimum Gasteiger partial charge on any atom is -0.278 e. The van der Waals surface area contributed by atoms with Crippen LogP contribution in [0.5, 0.6) is 0 Å². The lowest BCUT2D eigenvalue weighted by Crippen LogP contribution is -2.25. The maximum atomic E-state index is 11.9. The molecular weight excluding hydrogens is 202 g/mol. The zero-order valence-corrected chi connectivity index (χ0v) is 10.4. The van der Waals surface area contributed by atoms with Crippen molar-refractivity contribution in [3.63, 3.8) is 0 Å². The molecule has 4 heteroatoms. The van der Waals surface area contributed by atoms with E-state index < -0.39 is 0 Å². The van der Waals surface area contributed by atoms with Crippen LogP contribution in [-0.2, 0) is 13.6 Å². The standard InChI is InChI=1S/C12H21N3O/c1-9(2)8-15-11(10-6-4-5-7-10)13-14(3)12(15)16/h9-10H,4-8H2,1-3H3. The fraction of sp³-hybridized carbons (Fsp3) is 0.833. The number of hydrogen-bond acceptors (Lipinski definition) is 2. The molecule has 0 saturated heterocycles. The van der Waals surface area contributed by atoms with E-state index in [2.05, 4.69) is 18.9 Å². The molecule has 1 saturated carbocycles. The molecule has 1 aliphatic carbocycles. The number of nitrogens with zero attached hydrogens (tertiary/aromatic N) is 3. The van der Waals surface area contributed by atoms with E-state index in [0.717, 1.165) is 12.4 Å². The summed E-state index contributed by atoms with van der Waals surface area (Å²) in [5, 5.41) is 4.41. The van der Waals surface area contributed by atoms with Gasteiger partial charge in [-0.25, -0.2) is 9.48 Å². The molecule has 1 aromatic heterocycles. The summed E-state index contributed by atoms with van der Waals surface area (Å²) in [6.45, 7) is 5.06. The highest BCUT2D eigenvalue weighted by Gasteiger charge is 2.24. The van der Waals surface area contributed by atoms with Crippen molar-refractivity contribution in [2.45, 2.75) is 52.0 Å². The van der Waals surface area contributed by atoms with Crippen molar-refractivity contribution in [1.82, 2.24) is 14.3 Å². The third-order valence-corrected chi connectivity index (χ3v) is 3.30. The maximum Gasteiger partial charge on any atom is 0.345 e. The van der Waals surface area contributed by atoms with Crippen LogP contribution in [0.1, 0.15) is 51.3 Å². The minimum absolute atomic E-state index is 0.0376. The Hall–Kier alpha value is -1.06. The molecule has 0 unspecified atom stereocenters. The lowest BCUT2D eigenvalue weighted by atomic mass is 10.1. The van der Waals surface area contributed by atoms with E-state index >= 15 is 0 Å². The zero-order valence-electron chi connectivity index (χ0n) is 10.4. The highest BCUT2D eigenvalue weighted by atomic mass is 16.2. The highest BCUT2D eigenvalue weighted by Crippen LogP contribution is 2.32. The van der Waals surface area contributed by atoms with Crippen LogP contribution in [0.4, 0.5) is 0 Å². The van der Waals surface area contributed by atoms with E-state index in [9.17, 15) is 4.79 Å². The molecule has 0 atom stereocenters. The Morgan fingerprint density at radius 3 is 2.56 bits per heavy atom. The van der Waals surface area contributed by atoms with Gasteiger partial charge < -0.3 is 0 Å². The van der Waals surface area contributed by atoms with Gasteiger partial charge in [-0.3, -0.25) is 4.57 Å². The summed E-state index contributed by atoms with van der Waals surface area (Å²) in [6.07, 6.45) is 4.93. The van der Waals surface area contributed by atoms with E-state index in [4.69, 9.17) is 0 Å². The molecule has 1 heterocycles. The van der Waals surface area contributed by atoms with E-state index in [1.807, 2.05) is 4.57 Å². The van der Waals surface area contributed by atoms with E-state index in [-0.39, 0.29) is 5.69 Å². The Balaban J connectivity index is 2.35. The van der Waals surface area contributed by atoms with E-state index in [0.29, 0.717) is 11.8 Å². The molecule has 1 fully saturated rings. The van der Waals surface area contributed by atoms with Gasteiger partial charge in [-0.15, -0.1) is 0 Å². The molecule has 2 rings (SSSR count). The van der Waals surface area contributed by atoms with Crippen LogP contribution < -0.4 is 5.69 Å². The Bertz CT molecular complexity index is 410. The first-order valence-electron chi connectivity index (χ1n) is 6.23. The zero-order chi connectivity index (χ0) is 11.7. The Labute approximate surface area is 96.3 Å². The summed E-state index contributed by atoms with van der Waals surface area (Å²) >= 11 is 0. The molecule has 0 spiro atoms. The van der Waals surface area contributed by atoms with Gasteiger partial charge in [0, 0.05) is 19.5 Å².